The molecular formula is C12H18N2O2S. The lowest BCUT2D eigenvalue weighted by atomic mass is 9.97. The fourth-order valence-corrected chi connectivity index (χ4v) is 2.57. The van der Waals surface area contributed by atoms with Gasteiger partial charge in [0, 0.05) is 18.2 Å². The minimum Gasteiger partial charge on any atom is -0.373 e. The van der Waals surface area contributed by atoms with Crippen LogP contribution in [0, 0.1) is 5.92 Å². The van der Waals surface area contributed by atoms with E-state index in [4.69, 9.17) is 4.74 Å². The molecule has 0 aromatic carbocycles. The Morgan fingerprint density at radius 2 is 2.59 bits per heavy atom. The minimum atomic E-state index is -0.0123. The quantitative estimate of drug-likeness (QED) is 0.620. The largest absolute Gasteiger partial charge is 0.373 e. The van der Waals surface area contributed by atoms with Gasteiger partial charge in [-0.25, -0.2) is 4.98 Å². The topological polar surface area (TPSA) is 51.2 Å². The Balaban J connectivity index is 1.58. The van der Waals surface area contributed by atoms with Crippen LogP contribution in [0.25, 0.3) is 0 Å². The van der Waals surface area contributed by atoms with Crippen molar-refractivity contribution in [1.82, 2.24) is 10.3 Å². The molecule has 1 aromatic rings. The van der Waals surface area contributed by atoms with Gasteiger partial charge in [0.1, 0.15) is 6.61 Å². The summed E-state index contributed by atoms with van der Waals surface area (Å²) in [6.45, 7) is 3.06. The second-order valence-corrected chi connectivity index (χ2v) is 5.21. The monoisotopic (exact) mass is 254 g/mol. The van der Waals surface area contributed by atoms with Gasteiger partial charge in [-0.15, -0.1) is 11.3 Å². The van der Waals surface area contributed by atoms with Crippen LogP contribution in [0.3, 0.4) is 0 Å². The predicted octanol–water partition coefficient (Wildman–Crippen LogP) is 1.73. The lowest BCUT2D eigenvalue weighted by Gasteiger charge is -2.22. The zero-order chi connectivity index (χ0) is 11.9. The second-order valence-electron chi connectivity index (χ2n) is 4.31. The normalized spacial score (nSPS) is 20.4. The zero-order valence-electron chi connectivity index (χ0n) is 9.85. The van der Waals surface area contributed by atoms with E-state index in [1.807, 2.05) is 0 Å². The highest BCUT2D eigenvalue weighted by molar-refractivity contribution is 7.11. The van der Waals surface area contributed by atoms with Gasteiger partial charge < -0.3 is 10.1 Å². The summed E-state index contributed by atoms with van der Waals surface area (Å²) in [6.07, 6.45) is 5.21. The zero-order valence-corrected chi connectivity index (χ0v) is 10.7. The Bertz CT molecular complexity index is 334. The smallest absolute Gasteiger partial charge is 0.216 e. The van der Waals surface area contributed by atoms with Crippen molar-refractivity contribution in [2.75, 3.05) is 26.3 Å². The first-order chi connectivity index (χ1) is 8.36. The molecule has 1 aromatic heterocycles. The van der Waals surface area contributed by atoms with Crippen molar-refractivity contribution in [3.05, 3.63) is 16.6 Å². The second kappa shape index (κ2) is 6.83. The number of thiazole rings is 1. The third kappa shape index (κ3) is 4.18. The lowest BCUT2D eigenvalue weighted by Crippen LogP contribution is -2.30. The highest BCUT2D eigenvalue weighted by Gasteiger charge is 2.13. The summed E-state index contributed by atoms with van der Waals surface area (Å²) in [5.74, 6) is 0.695. The van der Waals surface area contributed by atoms with E-state index in [2.05, 4.69) is 10.3 Å². The standard InChI is InChI=1S/C12H18N2O2S/c15-11(12-14-5-7-17-12)9-16-6-3-10-2-1-4-13-8-10/h5,7,10,13H,1-4,6,8-9H2. The summed E-state index contributed by atoms with van der Waals surface area (Å²) < 4.78 is 5.41. The van der Waals surface area contributed by atoms with Crippen LogP contribution < -0.4 is 5.32 Å². The number of Topliss-reactive ketones (excluding diaryl/α,β-unsaturated/α-hetero) is 1. The summed E-state index contributed by atoms with van der Waals surface area (Å²) in [7, 11) is 0. The molecule has 5 heteroatoms. The van der Waals surface area contributed by atoms with Crippen molar-refractivity contribution >= 4 is 17.1 Å². The van der Waals surface area contributed by atoms with Gasteiger partial charge in [-0.05, 0) is 38.3 Å². The maximum atomic E-state index is 11.6. The first-order valence-corrected chi connectivity index (χ1v) is 6.95. The van der Waals surface area contributed by atoms with Crippen LogP contribution in [0.1, 0.15) is 29.1 Å². The van der Waals surface area contributed by atoms with Crippen molar-refractivity contribution in [3.8, 4) is 0 Å². The summed E-state index contributed by atoms with van der Waals surface area (Å²) in [5.41, 5.74) is 0. The number of nitrogens with one attached hydrogen (secondary N) is 1. The first-order valence-electron chi connectivity index (χ1n) is 6.07. The van der Waals surface area contributed by atoms with Gasteiger partial charge in [0.25, 0.3) is 0 Å². The van der Waals surface area contributed by atoms with Crippen LogP contribution in [-0.4, -0.2) is 37.1 Å². The molecule has 17 heavy (non-hydrogen) atoms. The number of carbonyl (C=O) groups excluding carboxylic acids is 1. The molecule has 4 nitrogen and oxygen atoms in total. The minimum absolute atomic E-state index is 0.0123. The number of aromatic nitrogens is 1. The molecule has 1 atom stereocenters. The third-order valence-corrected chi connectivity index (χ3v) is 3.79. The number of ether oxygens (including phenoxy) is 1. The van der Waals surface area contributed by atoms with Crippen molar-refractivity contribution in [2.24, 2.45) is 5.92 Å². The number of carbonyl (C=O) groups is 1. The molecule has 1 unspecified atom stereocenters. The van der Waals surface area contributed by atoms with Gasteiger partial charge in [-0.3, -0.25) is 4.79 Å². The molecule has 0 saturated carbocycles. The highest BCUT2D eigenvalue weighted by atomic mass is 32.1. The average molecular weight is 254 g/mol. The Morgan fingerprint density at radius 3 is 3.29 bits per heavy atom. The van der Waals surface area contributed by atoms with Gasteiger partial charge in [0.05, 0.1) is 0 Å². The van der Waals surface area contributed by atoms with Crippen molar-refractivity contribution in [1.29, 1.82) is 0 Å². The van der Waals surface area contributed by atoms with E-state index in [1.54, 1.807) is 11.6 Å². The maximum absolute atomic E-state index is 11.6. The summed E-state index contributed by atoms with van der Waals surface area (Å²) in [5, 5.41) is 5.73. The summed E-state index contributed by atoms with van der Waals surface area (Å²) in [6, 6.07) is 0. The Kier molecular flexibility index (Phi) is 5.09. The van der Waals surface area contributed by atoms with Crippen molar-refractivity contribution in [3.63, 3.8) is 0 Å². The number of piperidine rings is 1. The number of hydrogen-bond donors (Lipinski definition) is 1. The molecule has 0 amide bonds. The van der Waals surface area contributed by atoms with Crippen LogP contribution in [-0.2, 0) is 4.74 Å². The molecule has 94 valence electrons. The molecule has 2 heterocycles. The predicted molar refractivity (Wildman–Crippen MR) is 67.5 cm³/mol. The molecule has 2 rings (SSSR count). The van der Waals surface area contributed by atoms with Crippen molar-refractivity contribution in [2.45, 2.75) is 19.3 Å². The molecule has 1 saturated heterocycles. The molecular weight excluding hydrogens is 236 g/mol. The fourth-order valence-electron chi connectivity index (χ4n) is 2.01. The first kappa shape index (κ1) is 12.7. The molecule has 0 spiro atoms. The summed E-state index contributed by atoms with van der Waals surface area (Å²) >= 11 is 1.37. The SMILES string of the molecule is O=C(COCCC1CCCNC1)c1nccs1. The third-order valence-electron chi connectivity index (χ3n) is 2.97. The molecule has 1 fully saturated rings. The Hall–Kier alpha value is -0.780. The van der Waals surface area contributed by atoms with E-state index in [0.717, 1.165) is 19.5 Å². The maximum Gasteiger partial charge on any atom is 0.216 e. The van der Waals surface area contributed by atoms with E-state index in [1.165, 1.54) is 24.2 Å². The molecule has 0 aliphatic carbocycles. The molecule has 1 N–H and O–H groups in total. The average Bonchev–Trinajstić information content (AvgIpc) is 2.89. The Morgan fingerprint density at radius 1 is 1.65 bits per heavy atom. The van der Waals surface area contributed by atoms with Crippen LogP contribution in [0.2, 0.25) is 0 Å². The van der Waals surface area contributed by atoms with Gasteiger partial charge in [0.2, 0.25) is 5.78 Å². The number of hydrogen-bond acceptors (Lipinski definition) is 5. The van der Waals surface area contributed by atoms with E-state index in [0.29, 0.717) is 17.5 Å². The van der Waals surface area contributed by atoms with Crippen LogP contribution >= 0.6 is 11.3 Å². The molecule has 1 aliphatic rings. The number of ketones is 1. The van der Waals surface area contributed by atoms with E-state index >= 15 is 0 Å². The van der Waals surface area contributed by atoms with Crippen LogP contribution in [0.15, 0.2) is 11.6 Å². The highest BCUT2D eigenvalue weighted by Crippen LogP contribution is 2.13. The van der Waals surface area contributed by atoms with Crippen LogP contribution in [0.5, 0.6) is 0 Å². The van der Waals surface area contributed by atoms with Gasteiger partial charge >= 0.3 is 0 Å². The van der Waals surface area contributed by atoms with Gasteiger partial charge in [0.15, 0.2) is 5.01 Å². The van der Waals surface area contributed by atoms with Crippen molar-refractivity contribution < 1.29 is 9.53 Å². The molecule has 0 bridgehead atoms. The molecule has 0 radical (unpaired) electrons. The van der Waals surface area contributed by atoms with E-state index in [-0.39, 0.29) is 12.4 Å². The van der Waals surface area contributed by atoms with Gasteiger partial charge in [-0.1, -0.05) is 0 Å². The van der Waals surface area contributed by atoms with E-state index in [9.17, 15) is 4.79 Å². The van der Waals surface area contributed by atoms with E-state index < -0.39 is 0 Å². The number of rotatable bonds is 6. The fraction of sp³-hybridized carbons (Fsp3) is 0.667. The van der Waals surface area contributed by atoms with Gasteiger partial charge in [-0.2, -0.15) is 0 Å². The molecule has 1 aliphatic heterocycles. The van der Waals surface area contributed by atoms with Crippen LogP contribution in [0.4, 0.5) is 0 Å². The number of nitrogens with zero attached hydrogens (tertiary/aromatic N) is 1. The lowest BCUT2D eigenvalue weighted by molar-refractivity contribution is 0.0725. The summed E-state index contributed by atoms with van der Waals surface area (Å²) in [4.78, 5) is 15.5. The Labute approximate surface area is 105 Å².